The predicted molar refractivity (Wildman–Crippen MR) is 105 cm³/mol. The highest BCUT2D eigenvalue weighted by molar-refractivity contribution is 8.26. The van der Waals surface area contributed by atoms with Crippen LogP contribution in [-0.2, 0) is 9.59 Å². The quantitative estimate of drug-likeness (QED) is 0.625. The van der Waals surface area contributed by atoms with Crippen LogP contribution in [0.15, 0.2) is 59.5 Å². The number of hydrogen-bond acceptors (Lipinski definition) is 5. The average Bonchev–Trinajstić information content (AvgIpc) is 2.91. The van der Waals surface area contributed by atoms with Gasteiger partial charge in [0.2, 0.25) is 0 Å². The Kier molecular flexibility index (Phi) is 5.39. The molecule has 1 saturated heterocycles. The molecule has 0 spiro atoms. The van der Waals surface area contributed by atoms with Crippen molar-refractivity contribution in [2.75, 3.05) is 7.11 Å². The van der Waals surface area contributed by atoms with Crippen LogP contribution in [0.1, 0.15) is 17.2 Å². The number of carboxylic acid groups (broad SMARTS) is 1. The summed E-state index contributed by atoms with van der Waals surface area (Å²) in [6.45, 7) is 0. The van der Waals surface area contributed by atoms with E-state index < -0.39 is 17.9 Å². The van der Waals surface area contributed by atoms with Crippen molar-refractivity contribution in [2.45, 2.75) is 6.04 Å². The van der Waals surface area contributed by atoms with Gasteiger partial charge in [-0.1, -0.05) is 72.5 Å². The number of thioether (sulfide) groups is 1. The summed E-state index contributed by atoms with van der Waals surface area (Å²) in [6.07, 6.45) is 1.67. The first-order valence-electron chi connectivity index (χ1n) is 7.70. The number of benzene rings is 2. The minimum absolute atomic E-state index is 0.215. The number of carboxylic acids is 1. The fourth-order valence-corrected chi connectivity index (χ4v) is 3.97. The standard InChI is InChI=1S/C19H15NO4S2/c1-24-14-10-6-5-9-13(14)11-15-17(21)20(19(25)26-15)16(18(22)23)12-7-3-2-4-8-12/h2-11,16H,1H3,(H,22,23). The third-order valence-electron chi connectivity index (χ3n) is 3.86. The van der Waals surface area contributed by atoms with Gasteiger partial charge in [0.15, 0.2) is 6.04 Å². The van der Waals surface area contributed by atoms with Crippen LogP contribution in [0.3, 0.4) is 0 Å². The zero-order chi connectivity index (χ0) is 18.7. The molecule has 0 radical (unpaired) electrons. The molecule has 2 aromatic rings. The van der Waals surface area contributed by atoms with Crippen molar-refractivity contribution in [3.63, 3.8) is 0 Å². The molecule has 1 aliphatic heterocycles. The zero-order valence-corrected chi connectivity index (χ0v) is 15.4. The van der Waals surface area contributed by atoms with E-state index in [2.05, 4.69) is 0 Å². The fraction of sp³-hybridized carbons (Fsp3) is 0.105. The Balaban J connectivity index is 1.98. The number of methoxy groups -OCH3 is 1. The van der Waals surface area contributed by atoms with E-state index in [9.17, 15) is 14.7 Å². The van der Waals surface area contributed by atoms with Gasteiger partial charge >= 0.3 is 5.97 Å². The Hall–Kier alpha value is -2.64. The molecule has 0 bridgehead atoms. The topological polar surface area (TPSA) is 66.8 Å². The molecule has 1 amide bonds. The second kappa shape index (κ2) is 7.72. The van der Waals surface area contributed by atoms with Gasteiger partial charge in [0, 0.05) is 5.56 Å². The molecule has 1 N–H and O–H groups in total. The summed E-state index contributed by atoms with van der Waals surface area (Å²) in [5.74, 6) is -0.941. The van der Waals surface area contributed by atoms with Crippen LogP contribution in [-0.4, -0.2) is 33.3 Å². The van der Waals surface area contributed by atoms with Gasteiger partial charge in [-0.2, -0.15) is 0 Å². The minimum atomic E-state index is -1.16. The van der Waals surface area contributed by atoms with Crippen molar-refractivity contribution in [1.29, 1.82) is 0 Å². The monoisotopic (exact) mass is 385 g/mol. The lowest BCUT2D eigenvalue weighted by atomic mass is 10.1. The molecule has 3 rings (SSSR count). The molecule has 7 heteroatoms. The summed E-state index contributed by atoms with van der Waals surface area (Å²) in [5, 5.41) is 9.68. The van der Waals surface area contributed by atoms with Crippen molar-refractivity contribution in [3.8, 4) is 5.75 Å². The highest BCUT2D eigenvalue weighted by Gasteiger charge is 2.41. The lowest BCUT2D eigenvalue weighted by Gasteiger charge is -2.23. The van der Waals surface area contributed by atoms with Gasteiger partial charge < -0.3 is 9.84 Å². The van der Waals surface area contributed by atoms with Gasteiger partial charge in [0.05, 0.1) is 12.0 Å². The number of carbonyl (C=O) groups excluding carboxylic acids is 1. The molecule has 1 aliphatic rings. The highest BCUT2D eigenvalue weighted by atomic mass is 32.2. The van der Waals surface area contributed by atoms with E-state index in [-0.39, 0.29) is 4.32 Å². The molecule has 1 fully saturated rings. The third kappa shape index (κ3) is 3.49. The van der Waals surface area contributed by atoms with E-state index in [4.69, 9.17) is 17.0 Å². The molecule has 2 aromatic carbocycles. The van der Waals surface area contributed by atoms with Gasteiger partial charge in [-0.25, -0.2) is 4.79 Å². The number of rotatable bonds is 5. The number of hydrogen-bond donors (Lipinski definition) is 1. The molecule has 26 heavy (non-hydrogen) atoms. The maximum atomic E-state index is 12.9. The van der Waals surface area contributed by atoms with Crippen LogP contribution in [0.2, 0.25) is 0 Å². The Bertz CT molecular complexity index is 895. The zero-order valence-electron chi connectivity index (χ0n) is 13.8. The summed E-state index contributed by atoms with van der Waals surface area (Å²) in [4.78, 5) is 26.2. The number of para-hydroxylation sites is 1. The first-order valence-corrected chi connectivity index (χ1v) is 8.93. The normalized spacial score (nSPS) is 16.8. The molecular formula is C19H15NO4S2. The average molecular weight is 385 g/mol. The molecule has 5 nitrogen and oxygen atoms in total. The van der Waals surface area contributed by atoms with Crippen LogP contribution >= 0.6 is 24.0 Å². The predicted octanol–water partition coefficient (Wildman–Crippen LogP) is 3.72. The maximum absolute atomic E-state index is 12.9. The number of thiocarbonyl (C=S) groups is 1. The van der Waals surface area contributed by atoms with Gasteiger partial charge in [0.1, 0.15) is 10.1 Å². The number of amides is 1. The van der Waals surface area contributed by atoms with E-state index in [0.29, 0.717) is 16.2 Å². The van der Waals surface area contributed by atoms with Crippen LogP contribution in [0.25, 0.3) is 6.08 Å². The molecular weight excluding hydrogens is 370 g/mol. The van der Waals surface area contributed by atoms with Gasteiger partial charge in [-0.05, 0) is 17.7 Å². The molecule has 132 valence electrons. The highest BCUT2D eigenvalue weighted by Crippen LogP contribution is 2.39. The van der Waals surface area contributed by atoms with Crippen molar-refractivity contribution in [3.05, 3.63) is 70.6 Å². The molecule has 1 heterocycles. The molecule has 0 aromatic heterocycles. The Morgan fingerprint density at radius 3 is 2.50 bits per heavy atom. The van der Waals surface area contributed by atoms with Gasteiger partial charge in [-0.15, -0.1) is 0 Å². The van der Waals surface area contributed by atoms with E-state index in [1.165, 1.54) is 0 Å². The SMILES string of the molecule is COc1ccccc1C=C1SC(=S)N(C(C(=O)O)c2ccccc2)C1=O. The van der Waals surface area contributed by atoms with E-state index in [1.807, 2.05) is 18.2 Å². The largest absolute Gasteiger partial charge is 0.496 e. The van der Waals surface area contributed by atoms with E-state index in [0.717, 1.165) is 22.2 Å². The lowest BCUT2D eigenvalue weighted by molar-refractivity contribution is -0.145. The fourth-order valence-electron chi connectivity index (χ4n) is 2.67. The Morgan fingerprint density at radius 1 is 1.19 bits per heavy atom. The minimum Gasteiger partial charge on any atom is -0.496 e. The smallest absolute Gasteiger partial charge is 0.331 e. The maximum Gasteiger partial charge on any atom is 0.331 e. The van der Waals surface area contributed by atoms with Crippen LogP contribution in [0, 0.1) is 0 Å². The van der Waals surface area contributed by atoms with Crippen molar-refractivity contribution < 1.29 is 19.4 Å². The molecule has 0 aliphatic carbocycles. The number of nitrogens with zero attached hydrogens (tertiary/aromatic N) is 1. The number of aliphatic carboxylic acids is 1. The van der Waals surface area contributed by atoms with Crippen LogP contribution < -0.4 is 4.74 Å². The van der Waals surface area contributed by atoms with Gasteiger partial charge in [0.25, 0.3) is 5.91 Å². The summed E-state index contributed by atoms with van der Waals surface area (Å²) in [6, 6.07) is 14.7. The Morgan fingerprint density at radius 2 is 1.85 bits per heavy atom. The number of carbonyl (C=O) groups is 2. The first kappa shape index (κ1) is 18.2. The van der Waals surface area contributed by atoms with Crippen molar-refractivity contribution >= 4 is 46.3 Å². The van der Waals surface area contributed by atoms with Crippen LogP contribution in [0.5, 0.6) is 5.75 Å². The third-order valence-corrected chi connectivity index (χ3v) is 5.19. The first-order chi connectivity index (χ1) is 12.5. The van der Waals surface area contributed by atoms with Crippen molar-refractivity contribution in [1.82, 2.24) is 4.90 Å². The second-order valence-electron chi connectivity index (χ2n) is 5.45. The second-order valence-corrected chi connectivity index (χ2v) is 7.12. The Labute approximate surface area is 160 Å². The molecule has 1 unspecified atom stereocenters. The summed E-state index contributed by atoms with van der Waals surface area (Å²) < 4.78 is 5.51. The summed E-state index contributed by atoms with van der Waals surface area (Å²) in [5.41, 5.74) is 1.22. The molecule has 1 atom stereocenters. The van der Waals surface area contributed by atoms with E-state index in [1.54, 1.807) is 49.6 Å². The van der Waals surface area contributed by atoms with E-state index >= 15 is 0 Å². The summed E-state index contributed by atoms with van der Waals surface area (Å²) >= 11 is 6.39. The number of ether oxygens (including phenoxy) is 1. The molecule has 0 saturated carbocycles. The van der Waals surface area contributed by atoms with Gasteiger partial charge in [-0.3, -0.25) is 9.69 Å². The van der Waals surface area contributed by atoms with Crippen LogP contribution in [0.4, 0.5) is 0 Å². The lowest BCUT2D eigenvalue weighted by Crippen LogP contribution is -2.37. The summed E-state index contributed by atoms with van der Waals surface area (Å²) in [7, 11) is 1.55. The van der Waals surface area contributed by atoms with Crippen molar-refractivity contribution in [2.24, 2.45) is 0 Å².